The zero-order chi connectivity index (χ0) is 17.8. The molecule has 2 unspecified atom stereocenters. The maximum absolute atomic E-state index is 12.9. The van der Waals surface area contributed by atoms with E-state index in [2.05, 4.69) is 13.8 Å². The van der Waals surface area contributed by atoms with Gasteiger partial charge in [-0.1, -0.05) is 13.8 Å². The molecule has 144 valence electrons. The summed E-state index contributed by atoms with van der Waals surface area (Å²) in [6.45, 7) is 7.90. The number of piperidine rings is 1. The summed E-state index contributed by atoms with van der Waals surface area (Å²) in [5.74, 6) is 1.63. The van der Waals surface area contributed by atoms with Gasteiger partial charge in [0, 0.05) is 25.7 Å². The fraction of sp³-hybridized carbons (Fsp3) is 0.950. The fourth-order valence-electron chi connectivity index (χ4n) is 4.78. The number of hydrogen-bond donors (Lipinski definition) is 1. The predicted octanol–water partition coefficient (Wildman–Crippen LogP) is 3.23. The first-order valence-corrected chi connectivity index (χ1v) is 10.5. The number of nitrogens with two attached hydrogens (primary N) is 1. The lowest BCUT2D eigenvalue weighted by atomic mass is 9.80. The Hall–Kier alpha value is -0.810. The monoisotopic (exact) mass is 351 g/mol. The van der Waals surface area contributed by atoms with Crippen LogP contribution in [0, 0.1) is 11.8 Å². The third-order valence-electron chi connectivity index (χ3n) is 6.62. The molecule has 0 radical (unpaired) electrons. The van der Waals surface area contributed by atoms with Gasteiger partial charge in [0.2, 0.25) is 0 Å². The van der Waals surface area contributed by atoms with Crippen molar-refractivity contribution in [2.75, 3.05) is 26.2 Å². The summed E-state index contributed by atoms with van der Waals surface area (Å²) in [4.78, 5) is 16.9. The van der Waals surface area contributed by atoms with Crippen molar-refractivity contribution in [3.05, 3.63) is 0 Å². The number of carbonyl (C=O) groups is 1. The van der Waals surface area contributed by atoms with Gasteiger partial charge in [0.1, 0.15) is 0 Å². The fourth-order valence-corrected chi connectivity index (χ4v) is 4.78. The van der Waals surface area contributed by atoms with Crippen LogP contribution < -0.4 is 5.73 Å². The summed E-state index contributed by atoms with van der Waals surface area (Å²) in [5.41, 5.74) is 6.39. The van der Waals surface area contributed by atoms with Crippen LogP contribution in [0.15, 0.2) is 0 Å². The highest BCUT2D eigenvalue weighted by molar-refractivity contribution is 5.75. The second kappa shape index (κ2) is 8.72. The number of nitrogens with zero attached hydrogens (tertiary/aromatic N) is 2. The van der Waals surface area contributed by atoms with Gasteiger partial charge in [-0.15, -0.1) is 0 Å². The zero-order valence-electron chi connectivity index (χ0n) is 16.2. The smallest absolute Gasteiger partial charge is 0.320 e. The van der Waals surface area contributed by atoms with Gasteiger partial charge in [-0.05, 0) is 63.2 Å². The zero-order valence-corrected chi connectivity index (χ0v) is 16.2. The quantitative estimate of drug-likeness (QED) is 0.846. The van der Waals surface area contributed by atoms with Crippen molar-refractivity contribution < 1.29 is 9.53 Å². The van der Waals surface area contributed by atoms with Crippen molar-refractivity contribution in [1.29, 1.82) is 0 Å². The first kappa shape index (κ1) is 19.0. The van der Waals surface area contributed by atoms with Crippen molar-refractivity contribution in [3.8, 4) is 0 Å². The van der Waals surface area contributed by atoms with E-state index in [1.807, 2.05) is 9.80 Å². The van der Waals surface area contributed by atoms with Crippen LogP contribution in [0.25, 0.3) is 0 Å². The standard InChI is InChI=1S/C20H37N3O2/c1-15(2)16-7-9-17(10-8-16)25-14-19-18(21)6-5-13-23(19)20(24)22-11-3-4-12-22/h15-19H,3-14,21H2,1-2H3. The summed E-state index contributed by atoms with van der Waals surface area (Å²) >= 11 is 0. The second-order valence-corrected chi connectivity index (χ2v) is 8.66. The highest BCUT2D eigenvalue weighted by Gasteiger charge is 2.36. The molecule has 1 saturated carbocycles. The van der Waals surface area contributed by atoms with Gasteiger partial charge < -0.3 is 20.3 Å². The molecule has 5 heteroatoms. The molecule has 25 heavy (non-hydrogen) atoms. The number of urea groups is 1. The van der Waals surface area contributed by atoms with E-state index < -0.39 is 0 Å². The molecule has 3 aliphatic rings. The molecule has 2 aliphatic heterocycles. The van der Waals surface area contributed by atoms with Crippen LogP contribution in [0.1, 0.15) is 65.2 Å². The molecule has 0 aromatic rings. The molecule has 3 rings (SSSR count). The van der Waals surface area contributed by atoms with Gasteiger partial charge in [-0.2, -0.15) is 0 Å². The molecule has 1 aliphatic carbocycles. The highest BCUT2D eigenvalue weighted by Crippen LogP contribution is 2.31. The van der Waals surface area contributed by atoms with E-state index >= 15 is 0 Å². The summed E-state index contributed by atoms with van der Waals surface area (Å²) in [6, 6.07) is 0.279. The van der Waals surface area contributed by atoms with Crippen molar-refractivity contribution in [2.45, 2.75) is 83.4 Å². The summed E-state index contributed by atoms with van der Waals surface area (Å²) in [5, 5.41) is 0. The topological polar surface area (TPSA) is 58.8 Å². The Labute approximate surface area is 153 Å². The lowest BCUT2D eigenvalue weighted by molar-refractivity contribution is -0.0251. The Kier molecular flexibility index (Phi) is 6.61. The van der Waals surface area contributed by atoms with Gasteiger partial charge >= 0.3 is 6.03 Å². The van der Waals surface area contributed by atoms with Crippen LogP contribution in [0.5, 0.6) is 0 Å². The molecule has 0 aromatic carbocycles. The summed E-state index contributed by atoms with van der Waals surface area (Å²) in [6.07, 6.45) is 9.49. The summed E-state index contributed by atoms with van der Waals surface area (Å²) < 4.78 is 6.27. The maximum Gasteiger partial charge on any atom is 0.320 e. The van der Waals surface area contributed by atoms with Gasteiger partial charge in [-0.3, -0.25) is 0 Å². The normalized spacial score (nSPS) is 33.9. The van der Waals surface area contributed by atoms with Gasteiger partial charge in [0.05, 0.1) is 18.8 Å². The van der Waals surface area contributed by atoms with Crippen LogP contribution in [0.2, 0.25) is 0 Å². The van der Waals surface area contributed by atoms with Crippen LogP contribution in [0.3, 0.4) is 0 Å². The molecular formula is C20H37N3O2. The Morgan fingerprint density at radius 1 is 1.04 bits per heavy atom. The Morgan fingerprint density at radius 2 is 1.72 bits per heavy atom. The number of hydrogen-bond acceptors (Lipinski definition) is 3. The molecule has 5 nitrogen and oxygen atoms in total. The van der Waals surface area contributed by atoms with E-state index in [9.17, 15) is 4.79 Å². The lowest BCUT2D eigenvalue weighted by Crippen LogP contribution is -2.59. The van der Waals surface area contributed by atoms with Crippen molar-refractivity contribution in [1.82, 2.24) is 9.80 Å². The molecular weight excluding hydrogens is 314 g/mol. The van der Waals surface area contributed by atoms with Crippen LogP contribution >= 0.6 is 0 Å². The molecule has 2 heterocycles. The van der Waals surface area contributed by atoms with Crippen LogP contribution in [-0.4, -0.2) is 60.3 Å². The number of rotatable bonds is 4. The Bertz CT molecular complexity index is 429. The molecule has 3 fully saturated rings. The van der Waals surface area contributed by atoms with E-state index in [-0.39, 0.29) is 18.1 Å². The van der Waals surface area contributed by atoms with Crippen LogP contribution in [0.4, 0.5) is 4.79 Å². The second-order valence-electron chi connectivity index (χ2n) is 8.66. The van der Waals surface area contributed by atoms with Crippen molar-refractivity contribution in [3.63, 3.8) is 0 Å². The van der Waals surface area contributed by atoms with E-state index in [1.54, 1.807) is 0 Å². The third-order valence-corrected chi connectivity index (χ3v) is 6.62. The Morgan fingerprint density at radius 3 is 2.36 bits per heavy atom. The molecule has 2 amide bonds. The largest absolute Gasteiger partial charge is 0.376 e. The molecule has 0 spiro atoms. The average Bonchev–Trinajstić information content (AvgIpc) is 3.15. The number of carbonyl (C=O) groups excluding carboxylic acids is 1. The van der Waals surface area contributed by atoms with Crippen molar-refractivity contribution >= 4 is 6.03 Å². The molecule has 2 saturated heterocycles. The number of amides is 2. The van der Waals surface area contributed by atoms with Crippen molar-refractivity contribution in [2.24, 2.45) is 17.6 Å². The lowest BCUT2D eigenvalue weighted by Gasteiger charge is -2.42. The molecule has 0 aromatic heterocycles. The average molecular weight is 352 g/mol. The SMILES string of the molecule is CC(C)C1CCC(OCC2C(N)CCCN2C(=O)N2CCCC2)CC1. The Balaban J connectivity index is 1.52. The minimum atomic E-state index is 0.0460. The first-order valence-electron chi connectivity index (χ1n) is 10.5. The van der Waals surface area contributed by atoms with Gasteiger partial charge in [-0.25, -0.2) is 4.79 Å². The van der Waals surface area contributed by atoms with Crippen LogP contribution in [-0.2, 0) is 4.74 Å². The van der Waals surface area contributed by atoms with E-state index in [0.717, 1.165) is 70.0 Å². The van der Waals surface area contributed by atoms with Gasteiger partial charge in [0.25, 0.3) is 0 Å². The third kappa shape index (κ3) is 4.68. The molecule has 2 atom stereocenters. The van der Waals surface area contributed by atoms with E-state index in [0.29, 0.717) is 12.7 Å². The molecule has 2 N–H and O–H groups in total. The summed E-state index contributed by atoms with van der Waals surface area (Å²) in [7, 11) is 0. The van der Waals surface area contributed by atoms with E-state index in [1.165, 1.54) is 12.8 Å². The highest BCUT2D eigenvalue weighted by atomic mass is 16.5. The molecule has 0 bridgehead atoms. The minimum Gasteiger partial charge on any atom is -0.376 e. The van der Waals surface area contributed by atoms with E-state index in [4.69, 9.17) is 10.5 Å². The first-order chi connectivity index (χ1) is 12.1. The minimum absolute atomic E-state index is 0.0460. The predicted molar refractivity (Wildman–Crippen MR) is 100 cm³/mol. The van der Waals surface area contributed by atoms with Gasteiger partial charge in [0.15, 0.2) is 0 Å². The number of likely N-dealkylation sites (tertiary alicyclic amines) is 2. The number of ether oxygens (including phenoxy) is 1. The maximum atomic E-state index is 12.9.